The standard InChI is InChI=1S/C11H13BrN2O2/c1-7-6-8(2-3-9(7)12)14-11(16)5-4-10(13)15/h2-3,6H,4-5H2,1H3,(H2,13,15)(H,14,16). The largest absolute Gasteiger partial charge is 0.370 e. The Morgan fingerprint density at radius 2 is 2.06 bits per heavy atom. The number of rotatable bonds is 4. The molecule has 0 heterocycles. The van der Waals surface area contributed by atoms with Crippen molar-refractivity contribution in [2.24, 2.45) is 5.73 Å². The van der Waals surface area contributed by atoms with E-state index in [9.17, 15) is 9.59 Å². The first-order chi connectivity index (χ1) is 7.49. The van der Waals surface area contributed by atoms with Crippen molar-refractivity contribution in [3.05, 3.63) is 28.2 Å². The van der Waals surface area contributed by atoms with Crippen LogP contribution in [0, 0.1) is 6.92 Å². The number of benzene rings is 1. The summed E-state index contributed by atoms with van der Waals surface area (Å²) in [6, 6.07) is 5.50. The van der Waals surface area contributed by atoms with E-state index in [4.69, 9.17) is 5.73 Å². The van der Waals surface area contributed by atoms with E-state index < -0.39 is 5.91 Å². The molecule has 0 aliphatic carbocycles. The van der Waals surface area contributed by atoms with Gasteiger partial charge in [0.1, 0.15) is 0 Å². The molecule has 0 unspecified atom stereocenters. The van der Waals surface area contributed by atoms with Crippen LogP contribution in [0.4, 0.5) is 5.69 Å². The normalized spacial score (nSPS) is 9.88. The molecule has 0 spiro atoms. The van der Waals surface area contributed by atoms with Gasteiger partial charge in [0.05, 0.1) is 0 Å². The SMILES string of the molecule is Cc1cc(NC(=O)CCC(N)=O)ccc1Br. The predicted molar refractivity (Wildman–Crippen MR) is 65.9 cm³/mol. The number of carbonyl (C=O) groups excluding carboxylic acids is 2. The Hall–Kier alpha value is -1.36. The maximum absolute atomic E-state index is 11.4. The van der Waals surface area contributed by atoms with Crippen molar-refractivity contribution < 1.29 is 9.59 Å². The average Bonchev–Trinajstić information content (AvgIpc) is 2.21. The van der Waals surface area contributed by atoms with Gasteiger partial charge in [0.15, 0.2) is 0 Å². The number of primary amides is 1. The number of nitrogens with one attached hydrogen (secondary N) is 1. The molecule has 5 heteroatoms. The van der Waals surface area contributed by atoms with E-state index in [1.54, 1.807) is 6.07 Å². The Labute approximate surface area is 102 Å². The molecule has 0 aromatic heterocycles. The highest BCUT2D eigenvalue weighted by Crippen LogP contribution is 2.20. The molecule has 16 heavy (non-hydrogen) atoms. The van der Waals surface area contributed by atoms with Crippen LogP contribution in [0.3, 0.4) is 0 Å². The Balaban J connectivity index is 2.56. The summed E-state index contributed by atoms with van der Waals surface area (Å²) in [6.45, 7) is 1.93. The highest BCUT2D eigenvalue weighted by atomic mass is 79.9. The number of hydrogen-bond acceptors (Lipinski definition) is 2. The Morgan fingerprint density at radius 3 is 2.62 bits per heavy atom. The lowest BCUT2D eigenvalue weighted by Gasteiger charge is -2.06. The maximum Gasteiger partial charge on any atom is 0.224 e. The van der Waals surface area contributed by atoms with Crippen molar-refractivity contribution >= 4 is 33.4 Å². The van der Waals surface area contributed by atoms with Gasteiger partial charge in [-0.05, 0) is 30.7 Å². The minimum absolute atomic E-state index is 0.0708. The van der Waals surface area contributed by atoms with Crippen molar-refractivity contribution in [1.29, 1.82) is 0 Å². The van der Waals surface area contributed by atoms with Crippen LogP contribution in [0.5, 0.6) is 0 Å². The summed E-state index contributed by atoms with van der Waals surface area (Å²) in [5, 5.41) is 2.70. The first kappa shape index (κ1) is 12.7. The minimum Gasteiger partial charge on any atom is -0.370 e. The van der Waals surface area contributed by atoms with Gasteiger partial charge in [-0.15, -0.1) is 0 Å². The second-order valence-corrected chi connectivity index (χ2v) is 4.33. The summed E-state index contributed by atoms with van der Waals surface area (Å²) in [5.41, 5.74) is 6.71. The Bertz CT molecular complexity index is 418. The van der Waals surface area contributed by atoms with Crippen LogP contribution in [0.1, 0.15) is 18.4 Å². The fraction of sp³-hybridized carbons (Fsp3) is 0.273. The molecular formula is C11H13BrN2O2. The molecule has 0 aliphatic rings. The maximum atomic E-state index is 11.4. The molecule has 0 saturated carbocycles. The molecule has 3 N–H and O–H groups in total. The summed E-state index contributed by atoms with van der Waals surface area (Å²) < 4.78 is 0.989. The highest BCUT2D eigenvalue weighted by molar-refractivity contribution is 9.10. The molecule has 86 valence electrons. The summed E-state index contributed by atoms with van der Waals surface area (Å²) in [5.74, 6) is -0.678. The van der Waals surface area contributed by atoms with E-state index >= 15 is 0 Å². The molecule has 0 bridgehead atoms. The summed E-state index contributed by atoms with van der Waals surface area (Å²) in [7, 11) is 0. The zero-order valence-corrected chi connectivity index (χ0v) is 10.5. The lowest BCUT2D eigenvalue weighted by atomic mass is 10.2. The number of halogens is 1. The molecule has 0 radical (unpaired) electrons. The van der Waals surface area contributed by atoms with Gasteiger partial charge in [-0.2, -0.15) is 0 Å². The fourth-order valence-corrected chi connectivity index (χ4v) is 1.43. The molecule has 0 fully saturated rings. The molecule has 4 nitrogen and oxygen atoms in total. The van der Waals surface area contributed by atoms with Gasteiger partial charge in [-0.1, -0.05) is 15.9 Å². The summed E-state index contributed by atoms with van der Waals surface area (Å²) >= 11 is 3.37. The van der Waals surface area contributed by atoms with Gasteiger partial charge in [-0.25, -0.2) is 0 Å². The third kappa shape index (κ3) is 4.02. The number of hydrogen-bond donors (Lipinski definition) is 2. The summed E-state index contributed by atoms with van der Waals surface area (Å²) in [4.78, 5) is 21.9. The van der Waals surface area contributed by atoms with E-state index in [-0.39, 0.29) is 18.7 Å². The quantitative estimate of drug-likeness (QED) is 0.887. The van der Waals surface area contributed by atoms with Crippen molar-refractivity contribution in [1.82, 2.24) is 0 Å². The van der Waals surface area contributed by atoms with E-state index in [0.29, 0.717) is 0 Å². The Kier molecular flexibility index (Phi) is 4.49. The average molecular weight is 285 g/mol. The zero-order valence-electron chi connectivity index (χ0n) is 8.92. The monoisotopic (exact) mass is 284 g/mol. The van der Waals surface area contributed by atoms with E-state index in [2.05, 4.69) is 21.2 Å². The number of carbonyl (C=O) groups is 2. The zero-order chi connectivity index (χ0) is 12.1. The van der Waals surface area contributed by atoms with E-state index in [1.165, 1.54) is 0 Å². The molecule has 0 aliphatic heterocycles. The van der Waals surface area contributed by atoms with E-state index in [1.807, 2.05) is 19.1 Å². The molecule has 2 amide bonds. The first-order valence-electron chi connectivity index (χ1n) is 4.83. The van der Waals surface area contributed by atoms with Gasteiger partial charge >= 0.3 is 0 Å². The molecule has 1 rings (SSSR count). The lowest BCUT2D eigenvalue weighted by Crippen LogP contribution is -2.17. The van der Waals surface area contributed by atoms with Crippen LogP contribution in [0.25, 0.3) is 0 Å². The fourth-order valence-electron chi connectivity index (χ4n) is 1.18. The van der Waals surface area contributed by atoms with Gasteiger partial charge in [0, 0.05) is 23.0 Å². The van der Waals surface area contributed by atoms with Gasteiger partial charge in [0.2, 0.25) is 11.8 Å². The lowest BCUT2D eigenvalue weighted by molar-refractivity contribution is -0.122. The second kappa shape index (κ2) is 5.65. The second-order valence-electron chi connectivity index (χ2n) is 3.48. The van der Waals surface area contributed by atoms with Crippen LogP contribution >= 0.6 is 15.9 Å². The van der Waals surface area contributed by atoms with Crippen LogP contribution in [0.2, 0.25) is 0 Å². The van der Waals surface area contributed by atoms with E-state index in [0.717, 1.165) is 15.7 Å². The minimum atomic E-state index is -0.470. The number of amides is 2. The van der Waals surface area contributed by atoms with Gasteiger partial charge in [-0.3, -0.25) is 9.59 Å². The number of nitrogens with two attached hydrogens (primary N) is 1. The van der Waals surface area contributed by atoms with Crippen LogP contribution in [-0.4, -0.2) is 11.8 Å². The molecule has 0 atom stereocenters. The predicted octanol–water partition coefficient (Wildman–Crippen LogP) is 1.96. The molecule has 1 aromatic carbocycles. The first-order valence-corrected chi connectivity index (χ1v) is 5.62. The van der Waals surface area contributed by atoms with Crippen molar-refractivity contribution in [3.63, 3.8) is 0 Å². The smallest absolute Gasteiger partial charge is 0.224 e. The molecule has 1 aromatic rings. The van der Waals surface area contributed by atoms with Crippen LogP contribution in [-0.2, 0) is 9.59 Å². The molecule has 0 saturated heterocycles. The van der Waals surface area contributed by atoms with Crippen LogP contribution in [0.15, 0.2) is 22.7 Å². The summed E-state index contributed by atoms with van der Waals surface area (Å²) in [6.07, 6.45) is 0.186. The van der Waals surface area contributed by atoms with Crippen molar-refractivity contribution in [2.75, 3.05) is 5.32 Å². The van der Waals surface area contributed by atoms with Gasteiger partial charge in [0.25, 0.3) is 0 Å². The third-order valence-electron chi connectivity index (χ3n) is 2.04. The van der Waals surface area contributed by atoms with Crippen molar-refractivity contribution in [2.45, 2.75) is 19.8 Å². The Morgan fingerprint density at radius 1 is 1.38 bits per heavy atom. The van der Waals surface area contributed by atoms with Crippen molar-refractivity contribution in [3.8, 4) is 0 Å². The highest BCUT2D eigenvalue weighted by Gasteiger charge is 2.05. The third-order valence-corrected chi connectivity index (χ3v) is 2.93. The topological polar surface area (TPSA) is 72.2 Å². The van der Waals surface area contributed by atoms with Crippen LogP contribution < -0.4 is 11.1 Å². The number of anilines is 1. The molecular weight excluding hydrogens is 272 g/mol. The number of aryl methyl sites for hydroxylation is 1. The van der Waals surface area contributed by atoms with Gasteiger partial charge < -0.3 is 11.1 Å².